The van der Waals surface area contributed by atoms with E-state index in [1.807, 2.05) is 6.92 Å². The monoisotopic (exact) mass is 374 g/mol. The fraction of sp³-hybridized carbons (Fsp3) is 0.211. The van der Waals surface area contributed by atoms with Gasteiger partial charge in [-0.05, 0) is 48.9 Å². The van der Waals surface area contributed by atoms with E-state index >= 15 is 0 Å². The van der Waals surface area contributed by atoms with E-state index < -0.39 is 10.0 Å². The molecule has 0 spiro atoms. The SMILES string of the molecule is C=CCNS(=O)(=O)c1ccc(NC(=O)c2cccc(OCCC)c2)cc1. The highest BCUT2D eigenvalue weighted by Gasteiger charge is 2.13. The zero-order chi connectivity index (χ0) is 19.0. The number of nitrogens with one attached hydrogen (secondary N) is 2. The first kappa shape index (κ1) is 19.7. The molecule has 0 saturated carbocycles. The van der Waals surface area contributed by atoms with Crippen molar-refractivity contribution >= 4 is 21.6 Å². The van der Waals surface area contributed by atoms with Gasteiger partial charge in [0.15, 0.2) is 0 Å². The first-order valence-electron chi connectivity index (χ1n) is 8.21. The lowest BCUT2D eigenvalue weighted by molar-refractivity contribution is 0.102. The van der Waals surface area contributed by atoms with Crippen molar-refractivity contribution in [3.05, 3.63) is 66.7 Å². The molecular weight excluding hydrogens is 352 g/mol. The van der Waals surface area contributed by atoms with E-state index in [9.17, 15) is 13.2 Å². The molecule has 2 N–H and O–H groups in total. The van der Waals surface area contributed by atoms with Crippen molar-refractivity contribution in [1.29, 1.82) is 0 Å². The molecule has 7 heteroatoms. The smallest absolute Gasteiger partial charge is 0.255 e. The van der Waals surface area contributed by atoms with E-state index in [1.165, 1.54) is 30.3 Å². The number of hydrogen-bond acceptors (Lipinski definition) is 4. The van der Waals surface area contributed by atoms with Crippen LogP contribution in [-0.4, -0.2) is 27.5 Å². The summed E-state index contributed by atoms with van der Waals surface area (Å²) in [5.74, 6) is 0.335. The molecule has 138 valence electrons. The highest BCUT2D eigenvalue weighted by Crippen LogP contribution is 2.17. The third-order valence-corrected chi connectivity index (χ3v) is 4.85. The van der Waals surface area contributed by atoms with Gasteiger partial charge in [-0.1, -0.05) is 19.1 Å². The number of benzene rings is 2. The number of anilines is 1. The van der Waals surface area contributed by atoms with Crippen LogP contribution in [0.4, 0.5) is 5.69 Å². The summed E-state index contributed by atoms with van der Waals surface area (Å²) in [5, 5.41) is 2.74. The molecule has 0 fully saturated rings. The van der Waals surface area contributed by atoms with Gasteiger partial charge in [0.1, 0.15) is 5.75 Å². The summed E-state index contributed by atoms with van der Waals surface area (Å²) in [6.45, 7) is 6.21. The van der Waals surface area contributed by atoms with Crippen molar-refractivity contribution in [2.75, 3.05) is 18.5 Å². The first-order valence-corrected chi connectivity index (χ1v) is 9.69. The lowest BCUT2D eigenvalue weighted by atomic mass is 10.2. The van der Waals surface area contributed by atoms with Crippen LogP contribution in [0.5, 0.6) is 5.75 Å². The Kier molecular flexibility index (Phi) is 6.94. The van der Waals surface area contributed by atoms with Crippen LogP contribution >= 0.6 is 0 Å². The number of ether oxygens (including phenoxy) is 1. The number of hydrogen-bond donors (Lipinski definition) is 2. The van der Waals surface area contributed by atoms with Crippen LogP contribution in [-0.2, 0) is 10.0 Å². The lowest BCUT2D eigenvalue weighted by Gasteiger charge is -2.09. The van der Waals surface area contributed by atoms with Crippen molar-refractivity contribution in [2.24, 2.45) is 0 Å². The molecule has 0 aliphatic carbocycles. The van der Waals surface area contributed by atoms with Crippen LogP contribution in [0.2, 0.25) is 0 Å². The maximum Gasteiger partial charge on any atom is 0.255 e. The molecule has 0 atom stereocenters. The van der Waals surface area contributed by atoms with Crippen LogP contribution in [0, 0.1) is 0 Å². The molecule has 0 bridgehead atoms. The predicted octanol–water partition coefficient (Wildman–Crippen LogP) is 3.19. The third kappa shape index (κ3) is 5.44. The lowest BCUT2D eigenvalue weighted by Crippen LogP contribution is -2.23. The average Bonchev–Trinajstić information content (AvgIpc) is 2.65. The Labute approximate surface area is 153 Å². The Morgan fingerprint density at radius 2 is 1.92 bits per heavy atom. The van der Waals surface area contributed by atoms with Gasteiger partial charge in [0.05, 0.1) is 11.5 Å². The molecule has 0 aliphatic rings. The summed E-state index contributed by atoms with van der Waals surface area (Å²) in [6, 6.07) is 12.8. The number of amides is 1. The van der Waals surface area contributed by atoms with Gasteiger partial charge in [-0.15, -0.1) is 6.58 Å². The van der Waals surface area contributed by atoms with Gasteiger partial charge in [0.25, 0.3) is 5.91 Å². The van der Waals surface area contributed by atoms with Gasteiger partial charge in [-0.3, -0.25) is 4.79 Å². The second-order valence-corrected chi connectivity index (χ2v) is 7.26. The van der Waals surface area contributed by atoms with Gasteiger partial charge in [0.2, 0.25) is 10.0 Å². The van der Waals surface area contributed by atoms with E-state index in [1.54, 1.807) is 24.3 Å². The highest BCUT2D eigenvalue weighted by atomic mass is 32.2. The van der Waals surface area contributed by atoms with Gasteiger partial charge < -0.3 is 10.1 Å². The highest BCUT2D eigenvalue weighted by molar-refractivity contribution is 7.89. The summed E-state index contributed by atoms with van der Waals surface area (Å²) in [4.78, 5) is 12.5. The topological polar surface area (TPSA) is 84.5 Å². The molecule has 0 aromatic heterocycles. The van der Waals surface area contributed by atoms with Gasteiger partial charge in [0, 0.05) is 17.8 Å². The van der Waals surface area contributed by atoms with E-state index in [4.69, 9.17) is 4.74 Å². The minimum Gasteiger partial charge on any atom is -0.494 e. The Bertz CT molecular complexity index is 861. The van der Waals surface area contributed by atoms with Crippen LogP contribution in [0.1, 0.15) is 23.7 Å². The predicted molar refractivity (Wildman–Crippen MR) is 102 cm³/mol. The second kappa shape index (κ2) is 9.17. The average molecular weight is 374 g/mol. The zero-order valence-corrected chi connectivity index (χ0v) is 15.4. The first-order chi connectivity index (χ1) is 12.5. The van der Waals surface area contributed by atoms with Crippen LogP contribution in [0.15, 0.2) is 66.1 Å². The molecule has 0 saturated heterocycles. The molecule has 1 amide bonds. The number of carbonyl (C=O) groups excluding carboxylic acids is 1. The van der Waals surface area contributed by atoms with E-state index in [0.29, 0.717) is 23.6 Å². The maximum absolute atomic E-state index is 12.4. The van der Waals surface area contributed by atoms with Gasteiger partial charge >= 0.3 is 0 Å². The normalized spacial score (nSPS) is 11.0. The fourth-order valence-electron chi connectivity index (χ4n) is 2.12. The summed E-state index contributed by atoms with van der Waals surface area (Å²) < 4.78 is 31.9. The van der Waals surface area contributed by atoms with Crippen molar-refractivity contribution in [2.45, 2.75) is 18.2 Å². The van der Waals surface area contributed by atoms with E-state index in [0.717, 1.165) is 6.42 Å². The minimum absolute atomic E-state index is 0.118. The Balaban J connectivity index is 2.07. The standard InChI is InChI=1S/C19H22N2O4S/c1-3-12-20-26(23,24)18-10-8-16(9-11-18)21-19(22)15-6-5-7-17(14-15)25-13-4-2/h3,5-11,14,20H,1,4,12-13H2,2H3,(H,21,22). The molecule has 2 aromatic rings. The number of rotatable bonds is 9. The second-order valence-electron chi connectivity index (χ2n) is 5.50. The van der Waals surface area contributed by atoms with Crippen molar-refractivity contribution in [3.8, 4) is 5.75 Å². The summed E-state index contributed by atoms with van der Waals surface area (Å²) >= 11 is 0. The molecule has 6 nitrogen and oxygen atoms in total. The van der Waals surface area contributed by atoms with Crippen LogP contribution in [0.3, 0.4) is 0 Å². The molecule has 0 aliphatic heterocycles. The van der Waals surface area contributed by atoms with Crippen LogP contribution in [0.25, 0.3) is 0 Å². The molecule has 2 rings (SSSR count). The quantitative estimate of drug-likeness (QED) is 0.660. The van der Waals surface area contributed by atoms with Gasteiger partial charge in [-0.25, -0.2) is 13.1 Å². The number of sulfonamides is 1. The zero-order valence-electron chi connectivity index (χ0n) is 14.6. The Hall–Kier alpha value is -2.64. The maximum atomic E-state index is 12.4. The minimum atomic E-state index is -3.58. The Morgan fingerprint density at radius 3 is 2.58 bits per heavy atom. The molecule has 26 heavy (non-hydrogen) atoms. The molecule has 0 radical (unpaired) electrons. The van der Waals surface area contributed by atoms with Crippen LogP contribution < -0.4 is 14.8 Å². The molecule has 0 unspecified atom stereocenters. The third-order valence-electron chi connectivity index (χ3n) is 3.41. The molecular formula is C19H22N2O4S. The van der Waals surface area contributed by atoms with Crippen molar-refractivity contribution in [1.82, 2.24) is 4.72 Å². The summed E-state index contributed by atoms with van der Waals surface area (Å²) in [5.41, 5.74) is 0.959. The Morgan fingerprint density at radius 1 is 1.19 bits per heavy atom. The van der Waals surface area contributed by atoms with E-state index in [-0.39, 0.29) is 17.3 Å². The largest absolute Gasteiger partial charge is 0.494 e. The number of carbonyl (C=O) groups is 1. The molecule has 0 heterocycles. The molecule has 2 aromatic carbocycles. The van der Waals surface area contributed by atoms with Crippen molar-refractivity contribution < 1.29 is 17.9 Å². The fourth-order valence-corrected chi connectivity index (χ4v) is 3.12. The van der Waals surface area contributed by atoms with Gasteiger partial charge in [-0.2, -0.15) is 0 Å². The summed E-state index contributed by atoms with van der Waals surface area (Å²) in [7, 11) is -3.58. The summed E-state index contributed by atoms with van der Waals surface area (Å²) in [6.07, 6.45) is 2.35. The van der Waals surface area contributed by atoms with Crippen molar-refractivity contribution in [3.63, 3.8) is 0 Å². The van der Waals surface area contributed by atoms with E-state index in [2.05, 4.69) is 16.6 Å².